The highest BCUT2D eigenvalue weighted by molar-refractivity contribution is 7.92. The van der Waals surface area contributed by atoms with E-state index in [0.717, 1.165) is 16.3 Å². The number of hydrogen-bond acceptors (Lipinski definition) is 6. The van der Waals surface area contributed by atoms with Crippen molar-refractivity contribution >= 4 is 44.6 Å². The number of esters is 1. The van der Waals surface area contributed by atoms with E-state index in [4.69, 9.17) is 4.74 Å². The van der Waals surface area contributed by atoms with Crippen molar-refractivity contribution in [3.05, 3.63) is 138 Å². The first-order valence-electron chi connectivity index (χ1n) is 12.6. The average molecular weight is 564 g/mol. The molecule has 0 fully saturated rings. The predicted octanol–water partition coefficient (Wildman–Crippen LogP) is 5.93. The molecule has 8 nitrogen and oxygen atoms in total. The number of ether oxygens (including phenoxy) is 1. The van der Waals surface area contributed by atoms with Crippen LogP contribution in [0.4, 0.5) is 5.69 Å². The van der Waals surface area contributed by atoms with Crippen LogP contribution in [-0.4, -0.2) is 26.5 Å². The zero-order chi connectivity index (χ0) is 28.8. The monoisotopic (exact) mass is 563 g/mol. The van der Waals surface area contributed by atoms with Crippen LogP contribution in [0.3, 0.4) is 0 Å². The SMILES string of the molecule is Cc1ccc(C(=O)Oc2ccc3ccccc3c2C=NNC(=O)c2ccc(NS(=O)(=O)c3ccccc3)cc2)cc1. The Hall–Kier alpha value is -5.28. The van der Waals surface area contributed by atoms with Gasteiger partial charge in [0.05, 0.1) is 16.7 Å². The summed E-state index contributed by atoms with van der Waals surface area (Å²) in [5, 5.41) is 5.81. The Balaban J connectivity index is 1.31. The van der Waals surface area contributed by atoms with Gasteiger partial charge in [-0.2, -0.15) is 5.10 Å². The molecular formula is C32H25N3O5S. The van der Waals surface area contributed by atoms with Crippen LogP contribution < -0.4 is 14.9 Å². The molecule has 1 amide bonds. The molecule has 0 aliphatic rings. The molecule has 0 aliphatic heterocycles. The topological polar surface area (TPSA) is 114 Å². The van der Waals surface area contributed by atoms with Gasteiger partial charge in [0.1, 0.15) is 5.75 Å². The zero-order valence-electron chi connectivity index (χ0n) is 21.9. The molecule has 0 unspecified atom stereocenters. The molecule has 5 aromatic rings. The largest absolute Gasteiger partial charge is 0.422 e. The van der Waals surface area contributed by atoms with Crippen molar-refractivity contribution in [3.63, 3.8) is 0 Å². The lowest BCUT2D eigenvalue weighted by molar-refractivity contribution is 0.0734. The van der Waals surface area contributed by atoms with Gasteiger partial charge >= 0.3 is 5.97 Å². The van der Waals surface area contributed by atoms with Gasteiger partial charge in [-0.15, -0.1) is 0 Å². The van der Waals surface area contributed by atoms with E-state index in [2.05, 4.69) is 15.2 Å². The van der Waals surface area contributed by atoms with Crippen molar-refractivity contribution < 1.29 is 22.7 Å². The smallest absolute Gasteiger partial charge is 0.343 e. The minimum Gasteiger partial charge on any atom is -0.422 e. The second-order valence-corrected chi connectivity index (χ2v) is 10.8. The summed E-state index contributed by atoms with van der Waals surface area (Å²) in [4.78, 5) is 25.7. The molecule has 0 aliphatic carbocycles. The maximum atomic E-state index is 12.8. The van der Waals surface area contributed by atoms with E-state index in [9.17, 15) is 18.0 Å². The van der Waals surface area contributed by atoms with E-state index in [-0.39, 0.29) is 10.5 Å². The number of benzene rings is 5. The predicted molar refractivity (Wildman–Crippen MR) is 159 cm³/mol. The third kappa shape index (κ3) is 6.48. The van der Waals surface area contributed by atoms with E-state index in [0.29, 0.717) is 22.6 Å². The molecule has 0 aromatic heterocycles. The van der Waals surface area contributed by atoms with Gasteiger partial charge in [0, 0.05) is 16.8 Å². The summed E-state index contributed by atoms with van der Waals surface area (Å²) in [5.74, 6) is -0.721. The summed E-state index contributed by atoms with van der Waals surface area (Å²) in [6, 6.07) is 32.1. The zero-order valence-corrected chi connectivity index (χ0v) is 22.8. The molecule has 5 aromatic carbocycles. The molecule has 2 N–H and O–H groups in total. The second kappa shape index (κ2) is 11.8. The number of amides is 1. The van der Waals surface area contributed by atoms with Gasteiger partial charge in [-0.1, -0.05) is 66.2 Å². The Morgan fingerprint density at radius 1 is 0.756 bits per heavy atom. The maximum Gasteiger partial charge on any atom is 0.343 e. The number of carbonyl (C=O) groups excluding carboxylic acids is 2. The summed E-state index contributed by atoms with van der Waals surface area (Å²) >= 11 is 0. The first-order chi connectivity index (χ1) is 19.8. The Labute approximate surface area is 237 Å². The van der Waals surface area contributed by atoms with E-state index in [1.54, 1.807) is 36.4 Å². The molecule has 0 heterocycles. The molecule has 0 saturated heterocycles. The Morgan fingerprint density at radius 2 is 1.41 bits per heavy atom. The Morgan fingerprint density at radius 3 is 2.15 bits per heavy atom. The van der Waals surface area contributed by atoms with Gasteiger partial charge < -0.3 is 4.74 Å². The van der Waals surface area contributed by atoms with Gasteiger partial charge in [0.2, 0.25) is 0 Å². The van der Waals surface area contributed by atoms with Crippen LogP contribution in [0.5, 0.6) is 5.75 Å². The van der Waals surface area contributed by atoms with Crippen LogP contribution >= 0.6 is 0 Å². The van der Waals surface area contributed by atoms with Crippen LogP contribution in [0, 0.1) is 6.92 Å². The number of fused-ring (bicyclic) bond motifs is 1. The standard InChI is InChI=1S/C32H25N3O5S/c1-22-11-13-25(14-12-22)32(37)40-30-20-17-23-7-5-6-10-28(23)29(30)21-33-34-31(36)24-15-18-26(19-16-24)35-41(38,39)27-8-3-2-4-9-27/h2-21,35H,1H3,(H,34,36). The van der Waals surface area contributed by atoms with Crippen LogP contribution in [0.2, 0.25) is 0 Å². The lowest BCUT2D eigenvalue weighted by Gasteiger charge is -2.11. The van der Waals surface area contributed by atoms with E-state index in [1.807, 2.05) is 49.4 Å². The number of carbonyl (C=O) groups is 2. The molecule has 0 atom stereocenters. The lowest BCUT2D eigenvalue weighted by atomic mass is 10.0. The number of nitrogens with zero attached hydrogens (tertiary/aromatic N) is 1. The van der Waals surface area contributed by atoms with Crippen molar-refractivity contribution in [2.75, 3.05) is 4.72 Å². The average Bonchev–Trinajstić information content (AvgIpc) is 2.99. The molecule has 0 bridgehead atoms. The molecular weight excluding hydrogens is 538 g/mol. The number of rotatable bonds is 8. The van der Waals surface area contributed by atoms with Crippen molar-refractivity contribution in [2.45, 2.75) is 11.8 Å². The fourth-order valence-corrected chi connectivity index (χ4v) is 5.15. The molecule has 0 saturated carbocycles. The van der Waals surface area contributed by atoms with Gasteiger partial charge in [-0.3, -0.25) is 9.52 Å². The molecule has 5 rings (SSSR count). The van der Waals surface area contributed by atoms with Crippen molar-refractivity contribution in [3.8, 4) is 5.75 Å². The quantitative estimate of drug-likeness (QED) is 0.105. The van der Waals surface area contributed by atoms with E-state index >= 15 is 0 Å². The molecule has 0 spiro atoms. The number of nitrogens with one attached hydrogen (secondary N) is 2. The summed E-state index contributed by atoms with van der Waals surface area (Å²) in [5.41, 5.74) is 5.02. The van der Waals surface area contributed by atoms with Crippen molar-refractivity contribution in [2.24, 2.45) is 5.10 Å². The Kier molecular flexibility index (Phi) is 7.89. The molecule has 0 radical (unpaired) electrons. The molecule has 9 heteroatoms. The van der Waals surface area contributed by atoms with E-state index < -0.39 is 21.9 Å². The highest BCUT2D eigenvalue weighted by Gasteiger charge is 2.15. The first-order valence-corrected chi connectivity index (χ1v) is 14.1. The number of hydrazone groups is 1. The van der Waals surface area contributed by atoms with Gasteiger partial charge in [0.15, 0.2) is 0 Å². The van der Waals surface area contributed by atoms with Gasteiger partial charge in [-0.05, 0) is 72.3 Å². The number of hydrogen-bond donors (Lipinski definition) is 2. The van der Waals surface area contributed by atoms with Crippen LogP contribution in [-0.2, 0) is 10.0 Å². The van der Waals surface area contributed by atoms with Crippen LogP contribution in [0.1, 0.15) is 31.8 Å². The highest BCUT2D eigenvalue weighted by Crippen LogP contribution is 2.27. The third-order valence-electron chi connectivity index (χ3n) is 6.23. The summed E-state index contributed by atoms with van der Waals surface area (Å²) in [6.45, 7) is 1.93. The maximum absolute atomic E-state index is 12.8. The fourth-order valence-electron chi connectivity index (χ4n) is 4.07. The first kappa shape index (κ1) is 27.3. The number of anilines is 1. The molecule has 41 heavy (non-hydrogen) atoms. The lowest BCUT2D eigenvalue weighted by Crippen LogP contribution is -2.18. The van der Waals surface area contributed by atoms with Crippen molar-refractivity contribution in [1.82, 2.24) is 5.43 Å². The minimum atomic E-state index is -3.75. The summed E-state index contributed by atoms with van der Waals surface area (Å²) in [6.07, 6.45) is 1.43. The second-order valence-electron chi connectivity index (χ2n) is 9.15. The van der Waals surface area contributed by atoms with Gasteiger partial charge in [0.25, 0.3) is 15.9 Å². The molecule has 204 valence electrons. The normalized spacial score (nSPS) is 11.3. The third-order valence-corrected chi connectivity index (χ3v) is 7.63. The van der Waals surface area contributed by atoms with Crippen molar-refractivity contribution in [1.29, 1.82) is 0 Å². The number of aryl methyl sites for hydroxylation is 1. The van der Waals surface area contributed by atoms with Crippen LogP contribution in [0.25, 0.3) is 10.8 Å². The summed E-state index contributed by atoms with van der Waals surface area (Å²) in [7, 11) is -3.75. The van der Waals surface area contributed by atoms with Crippen LogP contribution in [0.15, 0.2) is 125 Å². The summed E-state index contributed by atoms with van der Waals surface area (Å²) < 4.78 is 33.3. The number of sulfonamides is 1. The van der Waals surface area contributed by atoms with Gasteiger partial charge in [-0.25, -0.2) is 18.6 Å². The Bertz CT molecular complexity index is 1850. The highest BCUT2D eigenvalue weighted by atomic mass is 32.2. The fraction of sp³-hybridized carbons (Fsp3) is 0.0312. The van der Waals surface area contributed by atoms with E-state index in [1.165, 1.54) is 42.6 Å². The minimum absolute atomic E-state index is 0.133.